The molecule has 158 valence electrons. The summed E-state index contributed by atoms with van der Waals surface area (Å²) in [6.07, 6.45) is -2.75. The van der Waals surface area contributed by atoms with Crippen LogP contribution in [0.2, 0.25) is 0 Å². The Morgan fingerprint density at radius 2 is 1.80 bits per heavy atom. The molecule has 6 nitrogen and oxygen atoms in total. The largest absolute Gasteiger partial charge is 0.416 e. The molecule has 9 heteroatoms. The van der Waals surface area contributed by atoms with Gasteiger partial charge in [0.2, 0.25) is 5.95 Å². The number of rotatable bonds is 4. The smallest absolute Gasteiger partial charge is 0.372 e. The maximum absolute atomic E-state index is 13.3. The number of ether oxygens (including phenoxy) is 1. The molecule has 30 heavy (non-hydrogen) atoms. The van der Waals surface area contributed by atoms with Gasteiger partial charge >= 0.3 is 6.18 Å². The number of pyridine rings is 1. The fourth-order valence-corrected chi connectivity index (χ4v) is 3.70. The number of hydrogen-bond acceptors (Lipinski definition) is 6. The number of morpholine rings is 1. The molecule has 1 N–H and O–H groups in total. The minimum atomic E-state index is -4.42. The van der Waals surface area contributed by atoms with Crippen molar-refractivity contribution in [1.82, 2.24) is 15.0 Å². The Morgan fingerprint density at radius 3 is 2.53 bits per heavy atom. The fourth-order valence-electron chi connectivity index (χ4n) is 3.70. The van der Waals surface area contributed by atoms with E-state index in [1.807, 2.05) is 18.7 Å². The predicted octanol–water partition coefficient (Wildman–Crippen LogP) is 4.27. The summed E-state index contributed by atoms with van der Waals surface area (Å²) < 4.78 is 45.7. The lowest BCUT2D eigenvalue weighted by atomic mass is 10.1. The van der Waals surface area contributed by atoms with Gasteiger partial charge in [0.05, 0.1) is 23.2 Å². The van der Waals surface area contributed by atoms with Crippen LogP contribution in [0, 0.1) is 0 Å². The molecule has 2 atom stereocenters. The average Bonchev–Trinajstić information content (AvgIpc) is 2.70. The Hall–Kier alpha value is -2.94. The monoisotopic (exact) mass is 417 g/mol. The summed E-state index contributed by atoms with van der Waals surface area (Å²) in [5.74, 6) is 0.932. The summed E-state index contributed by atoms with van der Waals surface area (Å²) in [6.45, 7) is 5.19. The first-order chi connectivity index (χ1) is 14.3. The molecule has 0 aliphatic carbocycles. The van der Waals surface area contributed by atoms with Gasteiger partial charge in [0, 0.05) is 25.8 Å². The number of nitrogens with zero attached hydrogens (tertiary/aromatic N) is 4. The Kier molecular flexibility index (Phi) is 5.46. The maximum atomic E-state index is 13.3. The van der Waals surface area contributed by atoms with E-state index < -0.39 is 11.7 Å². The van der Waals surface area contributed by atoms with Crippen LogP contribution in [0.5, 0.6) is 0 Å². The van der Waals surface area contributed by atoms with E-state index in [9.17, 15) is 13.2 Å². The van der Waals surface area contributed by atoms with Crippen LogP contribution in [0.15, 0.2) is 42.6 Å². The van der Waals surface area contributed by atoms with Crippen molar-refractivity contribution < 1.29 is 17.9 Å². The lowest BCUT2D eigenvalue weighted by Gasteiger charge is -2.35. The summed E-state index contributed by atoms with van der Waals surface area (Å²) in [5.41, 5.74) is -0.0261. The summed E-state index contributed by atoms with van der Waals surface area (Å²) in [5, 5.41) is 3.72. The molecule has 0 spiro atoms. The molecule has 1 aliphatic rings. The zero-order chi connectivity index (χ0) is 21.3. The van der Waals surface area contributed by atoms with Crippen molar-refractivity contribution in [3.05, 3.63) is 53.7 Å². The molecule has 3 heterocycles. The van der Waals surface area contributed by atoms with E-state index in [2.05, 4.69) is 20.3 Å². The summed E-state index contributed by atoms with van der Waals surface area (Å²) in [4.78, 5) is 15.5. The standard InChI is InChI=1S/C21H22F3N5O/c1-13-11-29(12-14(2)30-13)20-27-18-16(7-5-9-25-18)19(28-20)26-10-15-6-3-4-8-17(15)21(22,23)24/h3-9,13-14H,10-12H2,1-2H3,(H,25,26,27,28)/t13-,14?/m0/s1. The van der Waals surface area contributed by atoms with Crippen molar-refractivity contribution in [3.8, 4) is 0 Å². The van der Waals surface area contributed by atoms with Crippen molar-refractivity contribution in [2.45, 2.75) is 38.8 Å². The number of anilines is 2. The first kappa shape index (κ1) is 20.3. The van der Waals surface area contributed by atoms with Gasteiger partial charge in [-0.2, -0.15) is 23.1 Å². The Bertz CT molecular complexity index is 1030. The molecular formula is C21H22F3N5O. The number of halogens is 3. The first-order valence-electron chi connectivity index (χ1n) is 9.73. The number of alkyl halides is 3. The van der Waals surface area contributed by atoms with Crippen LogP contribution in [0.25, 0.3) is 11.0 Å². The molecule has 3 aromatic rings. The van der Waals surface area contributed by atoms with E-state index in [0.717, 1.165) is 6.07 Å². The van der Waals surface area contributed by atoms with Crippen LogP contribution in [0.1, 0.15) is 25.0 Å². The number of hydrogen-bond donors (Lipinski definition) is 1. The minimum absolute atomic E-state index is 0.0202. The minimum Gasteiger partial charge on any atom is -0.372 e. The van der Waals surface area contributed by atoms with Crippen LogP contribution >= 0.6 is 0 Å². The molecule has 0 amide bonds. The molecule has 1 fully saturated rings. The SMILES string of the molecule is CC1CN(c2nc(NCc3ccccc3C(F)(F)F)c3cccnc3n2)C[C@H](C)O1. The number of benzene rings is 1. The maximum Gasteiger partial charge on any atom is 0.416 e. The average molecular weight is 417 g/mol. The fraction of sp³-hybridized carbons (Fsp3) is 0.381. The highest BCUT2D eigenvalue weighted by Gasteiger charge is 2.33. The predicted molar refractivity (Wildman–Crippen MR) is 108 cm³/mol. The molecule has 1 aliphatic heterocycles. The van der Waals surface area contributed by atoms with Crippen LogP contribution in [0.3, 0.4) is 0 Å². The van der Waals surface area contributed by atoms with Crippen LogP contribution < -0.4 is 10.2 Å². The van der Waals surface area contributed by atoms with Crippen molar-refractivity contribution in [3.63, 3.8) is 0 Å². The van der Waals surface area contributed by atoms with Gasteiger partial charge in [-0.3, -0.25) is 0 Å². The highest BCUT2D eigenvalue weighted by Crippen LogP contribution is 2.32. The second-order valence-corrected chi connectivity index (χ2v) is 7.42. The van der Waals surface area contributed by atoms with E-state index in [1.165, 1.54) is 12.1 Å². The van der Waals surface area contributed by atoms with Gasteiger partial charge in [0.1, 0.15) is 5.82 Å². The lowest BCUT2D eigenvalue weighted by Crippen LogP contribution is -2.46. The molecule has 1 aromatic carbocycles. The van der Waals surface area contributed by atoms with Crippen LogP contribution in [-0.2, 0) is 17.5 Å². The molecule has 0 bridgehead atoms. The molecule has 2 aromatic heterocycles. The van der Waals surface area contributed by atoms with Gasteiger partial charge in [-0.1, -0.05) is 18.2 Å². The van der Waals surface area contributed by atoms with Crippen molar-refractivity contribution in [1.29, 1.82) is 0 Å². The molecular weight excluding hydrogens is 395 g/mol. The summed E-state index contributed by atoms with van der Waals surface area (Å²) >= 11 is 0. The van der Waals surface area contributed by atoms with Gasteiger partial charge < -0.3 is 15.0 Å². The van der Waals surface area contributed by atoms with Gasteiger partial charge in [0.15, 0.2) is 5.65 Å². The second kappa shape index (κ2) is 8.06. The van der Waals surface area contributed by atoms with Crippen molar-refractivity contribution >= 4 is 22.8 Å². The van der Waals surface area contributed by atoms with Gasteiger partial charge in [-0.05, 0) is 37.6 Å². The topological polar surface area (TPSA) is 63.2 Å². The Morgan fingerprint density at radius 1 is 1.07 bits per heavy atom. The van der Waals surface area contributed by atoms with Gasteiger partial charge in [0.25, 0.3) is 0 Å². The van der Waals surface area contributed by atoms with E-state index in [1.54, 1.807) is 24.4 Å². The van der Waals surface area contributed by atoms with Crippen molar-refractivity contribution in [2.24, 2.45) is 0 Å². The molecule has 1 unspecified atom stereocenters. The second-order valence-electron chi connectivity index (χ2n) is 7.42. The van der Waals surface area contributed by atoms with Crippen LogP contribution in [0.4, 0.5) is 24.9 Å². The van der Waals surface area contributed by atoms with E-state index in [0.29, 0.717) is 35.9 Å². The first-order valence-corrected chi connectivity index (χ1v) is 9.73. The van der Waals surface area contributed by atoms with E-state index in [-0.39, 0.29) is 24.3 Å². The molecule has 4 rings (SSSR count). The summed E-state index contributed by atoms with van der Waals surface area (Å²) in [6, 6.07) is 9.07. The van der Waals surface area contributed by atoms with Gasteiger partial charge in [-0.15, -0.1) is 0 Å². The Labute approximate surface area is 172 Å². The van der Waals surface area contributed by atoms with Crippen LogP contribution in [-0.4, -0.2) is 40.2 Å². The Balaban J connectivity index is 1.67. The molecule has 1 saturated heterocycles. The van der Waals surface area contributed by atoms with Crippen molar-refractivity contribution in [2.75, 3.05) is 23.3 Å². The quantitative estimate of drug-likeness (QED) is 0.684. The summed E-state index contributed by atoms with van der Waals surface area (Å²) in [7, 11) is 0. The normalized spacial score (nSPS) is 19.8. The highest BCUT2D eigenvalue weighted by molar-refractivity contribution is 5.87. The van der Waals surface area contributed by atoms with E-state index in [4.69, 9.17) is 4.74 Å². The molecule has 0 saturated carbocycles. The number of fused-ring (bicyclic) bond motifs is 1. The lowest BCUT2D eigenvalue weighted by molar-refractivity contribution is -0.138. The third-order valence-corrected chi connectivity index (χ3v) is 4.93. The molecule has 0 radical (unpaired) electrons. The third-order valence-electron chi connectivity index (χ3n) is 4.93. The number of aromatic nitrogens is 3. The zero-order valence-electron chi connectivity index (χ0n) is 16.6. The van der Waals surface area contributed by atoms with Gasteiger partial charge in [-0.25, -0.2) is 4.98 Å². The highest BCUT2D eigenvalue weighted by atomic mass is 19.4. The van der Waals surface area contributed by atoms with E-state index >= 15 is 0 Å². The third kappa shape index (κ3) is 4.30. The number of nitrogens with one attached hydrogen (secondary N) is 1. The zero-order valence-corrected chi connectivity index (χ0v) is 16.6.